The second-order valence-corrected chi connectivity index (χ2v) is 12.8. The van der Waals surface area contributed by atoms with E-state index in [4.69, 9.17) is 0 Å². The minimum atomic E-state index is -1.34. The summed E-state index contributed by atoms with van der Waals surface area (Å²) in [5.74, 6) is -0.785. The Labute approximate surface area is 188 Å². The molecular formula is C25H46N2O4. The van der Waals surface area contributed by atoms with Crippen molar-refractivity contribution in [2.75, 3.05) is 0 Å². The van der Waals surface area contributed by atoms with Crippen molar-refractivity contribution >= 4 is 11.8 Å². The summed E-state index contributed by atoms with van der Waals surface area (Å²) in [4.78, 5) is 26.7. The number of carbonyl (C=O) groups is 2. The second-order valence-electron chi connectivity index (χ2n) is 12.8. The molecule has 2 rings (SSSR count). The molecule has 6 heteroatoms. The fourth-order valence-corrected chi connectivity index (χ4v) is 5.59. The van der Waals surface area contributed by atoms with E-state index in [9.17, 15) is 19.8 Å². The highest BCUT2D eigenvalue weighted by Crippen LogP contribution is 2.41. The zero-order valence-corrected chi connectivity index (χ0v) is 21.0. The first-order valence-corrected chi connectivity index (χ1v) is 12.0. The molecule has 0 radical (unpaired) electrons. The van der Waals surface area contributed by atoms with E-state index in [1.54, 1.807) is 13.8 Å². The molecule has 4 N–H and O–H groups in total. The third-order valence-electron chi connectivity index (χ3n) is 7.43. The third kappa shape index (κ3) is 5.62. The maximum absolute atomic E-state index is 13.3. The van der Waals surface area contributed by atoms with Gasteiger partial charge >= 0.3 is 0 Å². The minimum absolute atomic E-state index is 0.353. The Hall–Kier alpha value is -1.14. The van der Waals surface area contributed by atoms with Gasteiger partial charge in [0.05, 0.1) is 23.3 Å². The summed E-state index contributed by atoms with van der Waals surface area (Å²) in [6.45, 7) is 15.3. The summed E-state index contributed by atoms with van der Waals surface area (Å²) >= 11 is 0. The van der Waals surface area contributed by atoms with Crippen LogP contribution in [0.2, 0.25) is 0 Å². The zero-order chi connectivity index (χ0) is 23.9. The topological polar surface area (TPSA) is 98.7 Å². The third-order valence-corrected chi connectivity index (χ3v) is 7.43. The van der Waals surface area contributed by atoms with Gasteiger partial charge in [0.2, 0.25) is 11.8 Å². The Morgan fingerprint density at radius 1 is 0.645 bits per heavy atom. The van der Waals surface area contributed by atoms with Crippen molar-refractivity contribution in [3.63, 3.8) is 0 Å². The van der Waals surface area contributed by atoms with E-state index in [1.807, 2.05) is 41.5 Å². The average Bonchev–Trinajstić information content (AvgIpc) is 3.24. The number of nitrogens with one attached hydrogen (secondary N) is 2. The minimum Gasteiger partial charge on any atom is -0.388 e. The summed E-state index contributed by atoms with van der Waals surface area (Å²) in [5.41, 5.74) is -3.94. The molecule has 2 saturated carbocycles. The van der Waals surface area contributed by atoms with Crippen molar-refractivity contribution < 1.29 is 19.8 Å². The second kappa shape index (κ2) is 8.66. The molecule has 2 amide bonds. The van der Waals surface area contributed by atoms with Gasteiger partial charge in [0.25, 0.3) is 0 Å². The predicted molar refractivity (Wildman–Crippen MR) is 123 cm³/mol. The Balaban J connectivity index is 2.21. The van der Waals surface area contributed by atoms with E-state index in [2.05, 4.69) is 10.6 Å². The van der Waals surface area contributed by atoms with E-state index in [1.165, 1.54) is 0 Å². The molecule has 31 heavy (non-hydrogen) atoms. The van der Waals surface area contributed by atoms with Gasteiger partial charge in [-0.2, -0.15) is 0 Å². The van der Waals surface area contributed by atoms with E-state index in [-0.39, 0.29) is 10.8 Å². The molecule has 0 spiro atoms. The SMILES string of the molecule is CC(C)(C(=O)NC(C(C)(C)C)C1(O)CCCC1)C(=O)NC(C(C)(C)C)C1(O)CCCC1. The van der Waals surface area contributed by atoms with E-state index in [0.29, 0.717) is 25.7 Å². The van der Waals surface area contributed by atoms with Crippen LogP contribution in [0, 0.1) is 16.2 Å². The van der Waals surface area contributed by atoms with Gasteiger partial charge in [-0.3, -0.25) is 9.59 Å². The quantitative estimate of drug-likeness (QED) is 0.475. The van der Waals surface area contributed by atoms with Crippen LogP contribution in [0.15, 0.2) is 0 Å². The van der Waals surface area contributed by atoms with Crippen LogP contribution in [0.1, 0.15) is 107 Å². The summed E-state index contributed by atoms with van der Waals surface area (Å²) in [6.07, 6.45) is 6.37. The first-order valence-electron chi connectivity index (χ1n) is 12.0. The van der Waals surface area contributed by atoms with Crippen LogP contribution in [0.3, 0.4) is 0 Å². The van der Waals surface area contributed by atoms with Gasteiger partial charge in [-0.05, 0) is 50.4 Å². The smallest absolute Gasteiger partial charge is 0.235 e. The molecule has 0 aromatic heterocycles. The highest BCUT2D eigenvalue weighted by Gasteiger charge is 2.51. The number of amides is 2. The normalized spacial score (nSPS) is 23.3. The molecule has 0 bridgehead atoms. The number of rotatable bonds is 6. The predicted octanol–water partition coefficient (Wildman–Crippen LogP) is 3.68. The summed E-state index contributed by atoms with van der Waals surface area (Å²) in [7, 11) is 0. The van der Waals surface area contributed by atoms with Crippen LogP contribution < -0.4 is 10.6 Å². The summed E-state index contributed by atoms with van der Waals surface area (Å²) < 4.78 is 0. The molecule has 0 saturated heterocycles. The number of hydrogen-bond acceptors (Lipinski definition) is 4. The van der Waals surface area contributed by atoms with Gasteiger partial charge in [-0.1, -0.05) is 67.2 Å². The van der Waals surface area contributed by atoms with Crippen LogP contribution >= 0.6 is 0 Å². The number of aliphatic hydroxyl groups is 2. The van der Waals surface area contributed by atoms with Crippen molar-refractivity contribution in [1.82, 2.24) is 10.6 Å². The fraction of sp³-hybridized carbons (Fsp3) is 0.920. The largest absolute Gasteiger partial charge is 0.388 e. The van der Waals surface area contributed by atoms with E-state index >= 15 is 0 Å². The molecule has 2 fully saturated rings. The molecule has 0 aliphatic heterocycles. The lowest BCUT2D eigenvalue weighted by Gasteiger charge is -2.44. The van der Waals surface area contributed by atoms with Crippen LogP contribution in [0.25, 0.3) is 0 Å². The highest BCUT2D eigenvalue weighted by molar-refractivity contribution is 6.04. The van der Waals surface area contributed by atoms with E-state index < -0.39 is 40.5 Å². The highest BCUT2D eigenvalue weighted by atomic mass is 16.3. The maximum Gasteiger partial charge on any atom is 0.235 e. The number of hydrogen-bond donors (Lipinski definition) is 4. The van der Waals surface area contributed by atoms with Crippen LogP contribution in [-0.4, -0.2) is 45.3 Å². The Bertz CT molecular complexity index is 604. The summed E-state index contributed by atoms with van der Waals surface area (Å²) in [6, 6.07) is -0.890. The van der Waals surface area contributed by atoms with Gasteiger partial charge in [0.15, 0.2) is 0 Å². The maximum atomic E-state index is 13.3. The zero-order valence-electron chi connectivity index (χ0n) is 21.0. The van der Waals surface area contributed by atoms with Gasteiger partial charge in [0, 0.05) is 0 Å². The lowest BCUT2D eigenvalue weighted by atomic mass is 9.73. The van der Waals surface area contributed by atoms with Crippen molar-refractivity contribution in [1.29, 1.82) is 0 Å². The summed E-state index contributed by atoms with van der Waals surface area (Å²) in [5, 5.41) is 28.5. The molecule has 180 valence electrons. The van der Waals surface area contributed by atoms with Crippen LogP contribution in [0.4, 0.5) is 0 Å². The lowest BCUT2D eigenvalue weighted by molar-refractivity contribution is -0.147. The molecule has 2 aliphatic rings. The van der Waals surface area contributed by atoms with Crippen molar-refractivity contribution in [3.05, 3.63) is 0 Å². The van der Waals surface area contributed by atoms with Crippen molar-refractivity contribution in [2.24, 2.45) is 16.2 Å². The van der Waals surface area contributed by atoms with Crippen molar-refractivity contribution in [2.45, 2.75) is 130 Å². The Morgan fingerprint density at radius 3 is 1.13 bits per heavy atom. The van der Waals surface area contributed by atoms with Gasteiger partial charge in [-0.25, -0.2) is 0 Å². The Morgan fingerprint density at radius 2 is 0.903 bits per heavy atom. The van der Waals surface area contributed by atoms with Gasteiger partial charge in [-0.15, -0.1) is 0 Å². The molecule has 0 aromatic carbocycles. The van der Waals surface area contributed by atoms with Crippen molar-refractivity contribution in [3.8, 4) is 0 Å². The average molecular weight is 439 g/mol. The first kappa shape index (κ1) is 26.1. The fourth-order valence-electron chi connectivity index (χ4n) is 5.59. The molecule has 0 aromatic rings. The number of carbonyl (C=O) groups excluding carboxylic acids is 2. The molecule has 2 atom stereocenters. The Kier molecular flexibility index (Phi) is 7.30. The molecule has 2 unspecified atom stereocenters. The van der Waals surface area contributed by atoms with Crippen LogP contribution in [0.5, 0.6) is 0 Å². The van der Waals surface area contributed by atoms with Crippen LogP contribution in [-0.2, 0) is 9.59 Å². The van der Waals surface area contributed by atoms with E-state index in [0.717, 1.165) is 25.7 Å². The van der Waals surface area contributed by atoms with Gasteiger partial charge < -0.3 is 20.8 Å². The molecule has 0 heterocycles. The monoisotopic (exact) mass is 438 g/mol. The lowest BCUT2D eigenvalue weighted by Crippen LogP contribution is -2.64. The standard InChI is InChI=1S/C25H46N2O4/c1-21(2,3)17(24(30)13-9-10-14-24)26-19(28)23(7,8)20(29)27-18(22(4,5)6)25(31)15-11-12-16-25/h17-18,30-31H,9-16H2,1-8H3,(H,26,28)(H,27,29). The molecular weight excluding hydrogens is 392 g/mol. The molecule has 6 nitrogen and oxygen atoms in total. The van der Waals surface area contributed by atoms with Gasteiger partial charge in [0.1, 0.15) is 5.41 Å². The first-order chi connectivity index (χ1) is 13.9. The molecule has 2 aliphatic carbocycles.